The molecule has 29 heavy (non-hydrogen) atoms. The van der Waals surface area contributed by atoms with Gasteiger partial charge in [-0.3, -0.25) is 4.79 Å². The first-order valence-electron chi connectivity index (χ1n) is 9.79. The first kappa shape index (κ1) is 22.3. The van der Waals surface area contributed by atoms with E-state index in [9.17, 15) is 9.59 Å². The summed E-state index contributed by atoms with van der Waals surface area (Å²) in [6, 6.07) is 16.4. The van der Waals surface area contributed by atoms with Crippen LogP contribution in [0, 0.1) is 5.92 Å². The van der Waals surface area contributed by atoms with Crippen LogP contribution in [0.3, 0.4) is 0 Å². The van der Waals surface area contributed by atoms with Gasteiger partial charge in [0.15, 0.2) is 0 Å². The van der Waals surface area contributed by atoms with E-state index in [0.29, 0.717) is 6.54 Å². The van der Waals surface area contributed by atoms with E-state index in [4.69, 9.17) is 9.47 Å². The van der Waals surface area contributed by atoms with Gasteiger partial charge in [-0.15, -0.1) is 0 Å². The Balaban J connectivity index is 1.99. The lowest BCUT2D eigenvalue weighted by Gasteiger charge is -2.28. The van der Waals surface area contributed by atoms with Gasteiger partial charge >= 0.3 is 6.09 Å². The summed E-state index contributed by atoms with van der Waals surface area (Å²) in [5.74, 6) is 0.558. The Morgan fingerprint density at radius 1 is 1.07 bits per heavy atom. The van der Waals surface area contributed by atoms with Crippen molar-refractivity contribution in [2.75, 3.05) is 14.2 Å². The fraction of sp³-hybridized carbons (Fsp3) is 0.391. The maximum Gasteiger partial charge on any atom is 0.408 e. The predicted octanol–water partition coefficient (Wildman–Crippen LogP) is 3.99. The van der Waals surface area contributed by atoms with Crippen LogP contribution in [0.5, 0.6) is 5.75 Å². The number of benzene rings is 2. The Labute approximate surface area is 172 Å². The molecule has 0 saturated carbocycles. The Morgan fingerprint density at radius 3 is 2.41 bits per heavy atom. The predicted molar refractivity (Wildman–Crippen MR) is 112 cm³/mol. The zero-order valence-electron chi connectivity index (χ0n) is 17.6. The number of rotatable bonds is 9. The second-order valence-corrected chi connectivity index (χ2v) is 7.12. The number of carbonyl (C=O) groups is 2. The van der Waals surface area contributed by atoms with Crippen LogP contribution in [0.15, 0.2) is 54.6 Å². The second-order valence-electron chi connectivity index (χ2n) is 7.12. The summed E-state index contributed by atoms with van der Waals surface area (Å²) >= 11 is 0. The molecule has 1 N–H and O–H groups in total. The molecule has 0 fully saturated rings. The average molecular weight is 399 g/mol. The third kappa shape index (κ3) is 6.82. The third-order valence-electron chi connectivity index (χ3n) is 4.90. The van der Waals surface area contributed by atoms with E-state index in [1.165, 1.54) is 0 Å². The van der Waals surface area contributed by atoms with Gasteiger partial charge in [0, 0.05) is 13.6 Å². The quantitative estimate of drug-likeness (QED) is 0.693. The largest absolute Gasteiger partial charge is 0.497 e. The first-order chi connectivity index (χ1) is 13.9. The molecule has 0 aliphatic heterocycles. The third-order valence-corrected chi connectivity index (χ3v) is 4.90. The number of nitrogens with zero attached hydrogens (tertiary/aromatic N) is 1. The molecular weight excluding hydrogens is 368 g/mol. The Morgan fingerprint density at radius 2 is 1.76 bits per heavy atom. The molecule has 2 aromatic carbocycles. The molecule has 0 saturated heterocycles. The molecule has 0 spiro atoms. The summed E-state index contributed by atoms with van der Waals surface area (Å²) in [4.78, 5) is 26.9. The Hall–Kier alpha value is -3.02. The molecule has 6 heteroatoms. The molecule has 0 aromatic heterocycles. The number of likely N-dealkylation sites (N-methyl/N-ethyl adjacent to an activating group) is 1. The molecule has 2 atom stereocenters. The normalized spacial score (nSPS) is 12.6. The van der Waals surface area contributed by atoms with E-state index in [1.807, 2.05) is 68.4 Å². The van der Waals surface area contributed by atoms with Crippen molar-refractivity contribution in [1.29, 1.82) is 0 Å². The first-order valence-corrected chi connectivity index (χ1v) is 9.79. The van der Waals surface area contributed by atoms with Crippen LogP contribution in [0.1, 0.15) is 31.4 Å². The van der Waals surface area contributed by atoms with Gasteiger partial charge in [0.2, 0.25) is 5.91 Å². The summed E-state index contributed by atoms with van der Waals surface area (Å²) in [5, 5.41) is 2.75. The number of nitrogens with one attached hydrogen (secondary N) is 1. The highest BCUT2D eigenvalue weighted by atomic mass is 16.5. The molecule has 2 aromatic rings. The topological polar surface area (TPSA) is 67.9 Å². The van der Waals surface area contributed by atoms with Gasteiger partial charge in [0.05, 0.1) is 7.11 Å². The molecule has 0 aliphatic carbocycles. The SMILES string of the molecule is CCC(C)C(NC(=O)OCc1ccccc1)C(=O)N(C)Cc1cccc(OC)c1. The lowest BCUT2D eigenvalue weighted by molar-refractivity contribution is -0.133. The number of amides is 2. The molecule has 0 radical (unpaired) electrons. The minimum atomic E-state index is -0.654. The summed E-state index contributed by atoms with van der Waals surface area (Å²) in [6.07, 6.45) is 0.157. The Bertz CT molecular complexity index is 794. The highest BCUT2D eigenvalue weighted by Gasteiger charge is 2.29. The molecule has 0 heterocycles. The number of carbonyl (C=O) groups excluding carboxylic acids is 2. The van der Waals surface area contributed by atoms with E-state index in [-0.39, 0.29) is 18.4 Å². The van der Waals surface area contributed by atoms with Crippen LogP contribution < -0.4 is 10.1 Å². The molecule has 156 valence electrons. The zero-order chi connectivity index (χ0) is 21.2. The highest BCUT2D eigenvalue weighted by Crippen LogP contribution is 2.16. The van der Waals surface area contributed by atoms with E-state index in [2.05, 4.69) is 5.32 Å². The molecule has 0 bridgehead atoms. The molecule has 2 rings (SSSR count). The van der Waals surface area contributed by atoms with E-state index in [0.717, 1.165) is 23.3 Å². The van der Waals surface area contributed by atoms with Crippen LogP contribution in [-0.2, 0) is 22.7 Å². The van der Waals surface area contributed by atoms with E-state index >= 15 is 0 Å². The van der Waals surface area contributed by atoms with Crippen LogP contribution in [-0.4, -0.2) is 37.1 Å². The van der Waals surface area contributed by atoms with Crippen molar-refractivity contribution >= 4 is 12.0 Å². The summed E-state index contributed by atoms with van der Waals surface area (Å²) in [5.41, 5.74) is 1.85. The number of hydrogen-bond donors (Lipinski definition) is 1. The van der Waals surface area contributed by atoms with Crippen molar-refractivity contribution in [3.63, 3.8) is 0 Å². The van der Waals surface area contributed by atoms with E-state index in [1.54, 1.807) is 19.1 Å². The minimum absolute atomic E-state index is 0.0282. The van der Waals surface area contributed by atoms with Gasteiger partial charge in [-0.1, -0.05) is 62.7 Å². The zero-order valence-corrected chi connectivity index (χ0v) is 17.6. The van der Waals surface area contributed by atoms with Gasteiger partial charge in [-0.05, 0) is 29.2 Å². The molecular formula is C23H30N2O4. The fourth-order valence-corrected chi connectivity index (χ4v) is 2.93. The minimum Gasteiger partial charge on any atom is -0.497 e. The summed E-state index contributed by atoms with van der Waals surface area (Å²) in [6.45, 7) is 4.51. The van der Waals surface area contributed by atoms with Crippen molar-refractivity contribution in [1.82, 2.24) is 10.2 Å². The van der Waals surface area contributed by atoms with Crippen LogP contribution in [0.4, 0.5) is 4.79 Å². The van der Waals surface area contributed by atoms with Gasteiger partial charge in [-0.2, -0.15) is 0 Å². The van der Waals surface area contributed by atoms with Crippen molar-refractivity contribution in [3.8, 4) is 5.75 Å². The summed E-state index contributed by atoms with van der Waals surface area (Å²) in [7, 11) is 3.34. The van der Waals surface area contributed by atoms with Gasteiger partial charge < -0.3 is 19.7 Å². The molecule has 0 aliphatic rings. The molecule has 2 amide bonds. The smallest absolute Gasteiger partial charge is 0.408 e. The molecule has 2 unspecified atom stereocenters. The second kappa shape index (κ2) is 11.1. The van der Waals surface area contributed by atoms with Crippen LogP contribution >= 0.6 is 0 Å². The highest BCUT2D eigenvalue weighted by molar-refractivity contribution is 5.85. The maximum absolute atomic E-state index is 13.0. The maximum atomic E-state index is 13.0. The lowest BCUT2D eigenvalue weighted by atomic mass is 9.98. The fourth-order valence-electron chi connectivity index (χ4n) is 2.93. The molecule has 6 nitrogen and oxygen atoms in total. The number of alkyl carbamates (subject to hydrolysis) is 1. The van der Waals surface area contributed by atoms with Gasteiger partial charge in [-0.25, -0.2) is 4.79 Å². The van der Waals surface area contributed by atoms with E-state index < -0.39 is 12.1 Å². The number of ether oxygens (including phenoxy) is 2. The standard InChI is InChI=1S/C23H30N2O4/c1-5-17(2)21(24-23(27)29-16-18-10-7-6-8-11-18)22(26)25(3)15-19-12-9-13-20(14-19)28-4/h6-14,17,21H,5,15-16H2,1-4H3,(H,24,27). The summed E-state index contributed by atoms with van der Waals surface area (Å²) < 4.78 is 10.5. The van der Waals surface area contributed by atoms with Crippen molar-refractivity contribution in [3.05, 3.63) is 65.7 Å². The lowest BCUT2D eigenvalue weighted by Crippen LogP contribution is -2.50. The monoisotopic (exact) mass is 398 g/mol. The van der Waals surface area contributed by atoms with Crippen molar-refractivity contribution in [2.24, 2.45) is 5.92 Å². The van der Waals surface area contributed by atoms with Crippen molar-refractivity contribution in [2.45, 2.75) is 39.5 Å². The van der Waals surface area contributed by atoms with Crippen LogP contribution in [0.25, 0.3) is 0 Å². The number of methoxy groups -OCH3 is 1. The average Bonchev–Trinajstić information content (AvgIpc) is 2.75. The number of hydrogen-bond acceptors (Lipinski definition) is 4. The van der Waals surface area contributed by atoms with Crippen LogP contribution in [0.2, 0.25) is 0 Å². The van der Waals surface area contributed by atoms with Gasteiger partial charge in [0.1, 0.15) is 18.4 Å². The van der Waals surface area contributed by atoms with Crippen molar-refractivity contribution < 1.29 is 19.1 Å². The van der Waals surface area contributed by atoms with Gasteiger partial charge in [0.25, 0.3) is 0 Å². The Kier molecular flexibility index (Phi) is 8.52.